The van der Waals surface area contributed by atoms with E-state index in [0.29, 0.717) is 6.04 Å². The van der Waals surface area contributed by atoms with Gasteiger partial charge in [0.1, 0.15) is 12.1 Å². The number of hydrogen-bond donors (Lipinski definition) is 2. The smallest absolute Gasteiger partial charge is 0.147 e. The minimum atomic E-state index is -0.757. The predicted molar refractivity (Wildman–Crippen MR) is 96.2 cm³/mol. The highest BCUT2D eigenvalue weighted by Gasteiger charge is 2.35. The Labute approximate surface area is 144 Å². The molecule has 1 aliphatic carbocycles. The minimum absolute atomic E-state index is 0.322. The Kier molecular flexibility index (Phi) is 3.94. The number of nitrogens with zero attached hydrogens (tertiary/aromatic N) is 3. The summed E-state index contributed by atoms with van der Waals surface area (Å²) in [4.78, 5) is 12.9. The molecule has 1 aliphatic rings. The molecule has 0 radical (unpaired) electrons. The van der Waals surface area contributed by atoms with E-state index in [2.05, 4.69) is 32.6 Å². The molecule has 0 bridgehead atoms. The SMILES string of the molecule is Cc1csc2c(NC3CCC(O)(c4cccnc4)CC3)ncnc12. The molecule has 0 atom stereocenters. The van der Waals surface area contributed by atoms with Crippen LogP contribution in [-0.2, 0) is 5.60 Å². The van der Waals surface area contributed by atoms with Gasteiger partial charge in [-0.15, -0.1) is 11.3 Å². The molecule has 0 aliphatic heterocycles. The number of aliphatic hydroxyl groups is 1. The standard InChI is InChI=1S/C18H20N4OS/c1-12-10-24-16-15(12)20-11-21-17(16)22-14-4-6-18(23,7-5-14)13-3-2-8-19-9-13/h2-3,8-11,14,23H,4-7H2,1H3,(H,20,21,22). The third-order valence-electron chi connectivity index (χ3n) is 4.88. The summed E-state index contributed by atoms with van der Waals surface area (Å²) in [6, 6.07) is 4.17. The van der Waals surface area contributed by atoms with Crippen LogP contribution < -0.4 is 5.32 Å². The number of aryl methyl sites for hydroxylation is 1. The zero-order chi connectivity index (χ0) is 16.6. The van der Waals surface area contributed by atoms with Crippen LogP contribution in [0.3, 0.4) is 0 Å². The summed E-state index contributed by atoms with van der Waals surface area (Å²) in [5, 5.41) is 16.6. The van der Waals surface area contributed by atoms with E-state index in [0.717, 1.165) is 47.3 Å². The highest BCUT2D eigenvalue weighted by molar-refractivity contribution is 7.18. The predicted octanol–water partition coefficient (Wildman–Crippen LogP) is 3.64. The summed E-state index contributed by atoms with van der Waals surface area (Å²) in [5.41, 5.74) is 2.38. The van der Waals surface area contributed by atoms with Gasteiger partial charge in [-0.3, -0.25) is 4.98 Å². The molecule has 0 aromatic carbocycles. The molecule has 1 saturated carbocycles. The first-order chi connectivity index (χ1) is 11.7. The Morgan fingerprint density at radius 1 is 1.29 bits per heavy atom. The van der Waals surface area contributed by atoms with Gasteiger partial charge in [-0.2, -0.15) is 0 Å². The van der Waals surface area contributed by atoms with Gasteiger partial charge in [-0.25, -0.2) is 9.97 Å². The van der Waals surface area contributed by atoms with Crippen LogP contribution in [0.1, 0.15) is 36.8 Å². The van der Waals surface area contributed by atoms with E-state index in [1.165, 1.54) is 5.56 Å². The van der Waals surface area contributed by atoms with E-state index in [1.807, 2.05) is 12.1 Å². The lowest BCUT2D eigenvalue weighted by atomic mass is 9.78. The first-order valence-electron chi connectivity index (χ1n) is 8.24. The van der Waals surface area contributed by atoms with Crippen molar-refractivity contribution in [3.8, 4) is 0 Å². The molecule has 3 heterocycles. The topological polar surface area (TPSA) is 70.9 Å². The van der Waals surface area contributed by atoms with Crippen LogP contribution in [0.2, 0.25) is 0 Å². The van der Waals surface area contributed by atoms with E-state index >= 15 is 0 Å². The van der Waals surface area contributed by atoms with E-state index in [-0.39, 0.29) is 0 Å². The summed E-state index contributed by atoms with van der Waals surface area (Å²) in [7, 11) is 0. The lowest BCUT2D eigenvalue weighted by Crippen LogP contribution is -2.36. The van der Waals surface area contributed by atoms with Crippen LogP contribution in [0.5, 0.6) is 0 Å². The summed E-state index contributed by atoms with van der Waals surface area (Å²) >= 11 is 1.68. The van der Waals surface area contributed by atoms with Crippen LogP contribution in [0.15, 0.2) is 36.2 Å². The summed E-state index contributed by atoms with van der Waals surface area (Å²) < 4.78 is 1.11. The number of rotatable bonds is 3. The second kappa shape index (κ2) is 6.11. The fraction of sp³-hybridized carbons (Fsp3) is 0.389. The number of fused-ring (bicyclic) bond motifs is 1. The van der Waals surface area contributed by atoms with Gasteiger partial charge in [-0.05, 0) is 49.6 Å². The number of pyridine rings is 1. The Morgan fingerprint density at radius 2 is 2.12 bits per heavy atom. The molecule has 24 heavy (non-hydrogen) atoms. The molecule has 3 aromatic heterocycles. The zero-order valence-corrected chi connectivity index (χ0v) is 14.4. The number of hydrogen-bond acceptors (Lipinski definition) is 6. The molecule has 0 amide bonds. The van der Waals surface area contributed by atoms with Crippen LogP contribution in [0.25, 0.3) is 10.2 Å². The average molecular weight is 340 g/mol. The molecule has 0 unspecified atom stereocenters. The first kappa shape index (κ1) is 15.5. The van der Waals surface area contributed by atoms with Crippen LogP contribution in [0, 0.1) is 6.92 Å². The molecule has 3 aromatic rings. The summed E-state index contributed by atoms with van der Waals surface area (Å²) in [6.07, 6.45) is 8.41. The van der Waals surface area contributed by atoms with Crippen LogP contribution in [0.4, 0.5) is 5.82 Å². The van der Waals surface area contributed by atoms with E-state index in [1.54, 1.807) is 30.1 Å². The van der Waals surface area contributed by atoms with Crippen molar-refractivity contribution in [3.05, 3.63) is 47.4 Å². The van der Waals surface area contributed by atoms with Crippen molar-refractivity contribution in [3.63, 3.8) is 0 Å². The van der Waals surface area contributed by atoms with Crippen LogP contribution in [-0.4, -0.2) is 26.1 Å². The number of thiophene rings is 1. The Balaban J connectivity index is 1.48. The Morgan fingerprint density at radius 3 is 2.88 bits per heavy atom. The first-order valence-corrected chi connectivity index (χ1v) is 9.12. The van der Waals surface area contributed by atoms with Crippen molar-refractivity contribution >= 4 is 27.4 Å². The zero-order valence-electron chi connectivity index (χ0n) is 13.6. The highest BCUT2D eigenvalue weighted by atomic mass is 32.1. The van der Waals surface area contributed by atoms with Crippen molar-refractivity contribution in [2.24, 2.45) is 0 Å². The molecule has 124 valence electrons. The van der Waals surface area contributed by atoms with Gasteiger partial charge >= 0.3 is 0 Å². The molecular formula is C18H20N4OS. The number of nitrogens with one attached hydrogen (secondary N) is 1. The van der Waals surface area contributed by atoms with E-state index in [4.69, 9.17) is 0 Å². The molecule has 1 fully saturated rings. The summed E-state index contributed by atoms with van der Waals surface area (Å²) in [6.45, 7) is 2.07. The third kappa shape index (κ3) is 2.76. The van der Waals surface area contributed by atoms with Crippen molar-refractivity contribution in [1.82, 2.24) is 15.0 Å². The fourth-order valence-corrected chi connectivity index (χ4v) is 4.39. The highest BCUT2D eigenvalue weighted by Crippen LogP contribution is 2.38. The molecule has 6 heteroatoms. The van der Waals surface area contributed by atoms with Crippen molar-refractivity contribution < 1.29 is 5.11 Å². The number of anilines is 1. The van der Waals surface area contributed by atoms with Crippen molar-refractivity contribution in [2.75, 3.05) is 5.32 Å². The number of aromatic nitrogens is 3. The van der Waals surface area contributed by atoms with Gasteiger partial charge in [0.25, 0.3) is 0 Å². The lowest BCUT2D eigenvalue weighted by molar-refractivity contribution is -0.00362. The van der Waals surface area contributed by atoms with Crippen molar-refractivity contribution in [1.29, 1.82) is 0 Å². The summed E-state index contributed by atoms with van der Waals surface area (Å²) in [5.74, 6) is 0.912. The van der Waals surface area contributed by atoms with Gasteiger partial charge in [0.05, 0.1) is 15.8 Å². The molecule has 5 nitrogen and oxygen atoms in total. The Bertz CT molecular complexity index is 841. The maximum atomic E-state index is 10.9. The molecule has 4 rings (SSSR count). The molecule has 2 N–H and O–H groups in total. The van der Waals surface area contributed by atoms with Gasteiger partial charge in [0, 0.05) is 24.0 Å². The quantitative estimate of drug-likeness (QED) is 0.762. The monoisotopic (exact) mass is 340 g/mol. The second-order valence-corrected chi connectivity index (χ2v) is 7.39. The largest absolute Gasteiger partial charge is 0.385 e. The van der Waals surface area contributed by atoms with E-state index < -0.39 is 5.60 Å². The van der Waals surface area contributed by atoms with E-state index in [9.17, 15) is 5.11 Å². The molecule has 0 spiro atoms. The fourth-order valence-electron chi connectivity index (χ4n) is 3.43. The third-order valence-corrected chi connectivity index (χ3v) is 5.98. The van der Waals surface area contributed by atoms with Gasteiger partial charge in [-0.1, -0.05) is 6.07 Å². The maximum absolute atomic E-state index is 10.9. The minimum Gasteiger partial charge on any atom is -0.385 e. The van der Waals surface area contributed by atoms with Crippen molar-refractivity contribution in [2.45, 2.75) is 44.2 Å². The maximum Gasteiger partial charge on any atom is 0.147 e. The van der Waals surface area contributed by atoms with Gasteiger partial charge < -0.3 is 10.4 Å². The second-order valence-electron chi connectivity index (χ2n) is 6.51. The van der Waals surface area contributed by atoms with Gasteiger partial charge in [0.15, 0.2) is 0 Å². The Hall–Kier alpha value is -2.05. The molecular weight excluding hydrogens is 320 g/mol. The van der Waals surface area contributed by atoms with Gasteiger partial charge in [0.2, 0.25) is 0 Å². The normalized spacial score (nSPS) is 24.2. The average Bonchev–Trinajstić information content (AvgIpc) is 3.00. The van der Waals surface area contributed by atoms with Crippen LogP contribution >= 0.6 is 11.3 Å². The lowest BCUT2D eigenvalue weighted by Gasteiger charge is -2.36. The molecule has 0 saturated heterocycles.